The van der Waals surface area contributed by atoms with E-state index >= 15 is 0 Å². The second-order valence-electron chi connectivity index (χ2n) is 8.72. The van der Waals surface area contributed by atoms with Crippen LogP contribution in [0.15, 0.2) is 36.7 Å². The molecule has 0 spiro atoms. The Labute approximate surface area is 191 Å². The number of halogens is 1. The number of likely N-dealkylation sites (tertiary alicyclic amines) is 1. The second-order valence-corrected chi connectivity index (χ2v) is 8.72. The topological polar surface area (TPSA) is 84.2 Å². The number of nitrogens with zero attached hydrogens (tertiary/aromatic N) is 6. The zero-order chi connectivity index (χ0) is 23.1. The Kier molecular flexibility index (Phi) is 5.39. The molecule has 5 rings (SSSR count). The average molecular weight is 449 g/mol. The third kappa shape index (κ3) is 4.10. The summed E-state index contributed by atoms with van der Waals surface area (Å²) in [4.78, 5) is 38.6. The van der Waals surface area contributed by atoms with Gasteiger partial charge in [0.2, 0.25) is 5.91 Å². The van der Waals surface area contributed by atoms with Gasteiger partial charge in [0.25, 0.3) is 5.91 Å². The Hall–Kier alpha value is -3.62. The lowest BCUT2D eigenvalue weighted by Crippen LogP contribution is -2.36. The van der Waals surface area contributed by atoms with Gasteiger partial charge in [-0.25, -0.2) is 14.4 Å². The zero-order valence-electron chi connectivity index (χ0n) is 18.7. The highest BCUT2D eigenvalue weighted by molar-refractivity contribution is 5.95. The number of fused-ring (bicyclic) bond motifs is 1. The predicted molar refractivity (Wildman–Crippen MR) is 119 cm³/mol. The first-order chi connectivity index (χ1) is 15.9. The fourth-order valence-corrected chi connectivity index (χ4v) is 4.64. The monoisotopic (exact) mass is 448 g/mol. The number of carbonyl (C=O) groups is 2. The molecule has 0 N–H and O–H groups in total. The maximum absolute atomic E-state index is 13.7. The second kappa shape index (κ2) is 8.38. The van der Waals surface area contributed by atoms with Crippen LogP contribution in [0.25, 0.3) is 0 Å². The molecule has 2 aliphatic rings. The van der Waals surface area contributed by atoms with Gasteiger partial charge in [-0.05, 0) is 37.5 Å². The molecule has 1 aromatic carbocycles. The van der Waals surface area contributed by atoms with E-state index in [2.05, 4.69) is 5.10 Å². The Morgan fingerprint density at radius 3 is 2.85 bits per heavy atom. The Bertz CT molecular complexity index is 1240. The lowest BCUT2D eigenvalue weighted by atomic mass is 10.0. The molecule has 2 aromatic heterocycles. The van der Waals surface area contributed by atoms with E-state index in [1.807, 2.05) is 6.92 Å². The molecule has 0 unspecified atom stereocenters. The van der Waals surface area contributed by atoms with Crippen LogP contribution in [0.1, 0.15) is 51.8 Å². The van der Waals surface area contributed by atoms with Gasteiger partial charge in [0, 0.05) is 49.9 Å². The lowest BCUT2D eigenvalue weighted by Gasteiger charge is -2.30. The van der Waals surface area contributed by atoms with Gasteiger partial charge in [-0.1, -0.05) is 12.1 Å². The molecule has 2 amide bonds. The average Bonchev–Trinajstić information content (AvgIpc) is 3.45. The molecule has 9 heteroatoms. The van der Waals surface area contributed by atoms with E-state index < -0.39 is 0 Å². The highest BCUT2D eigenvalue weighted by Crippen LogP contribution is 2.33. The smallest absolute Gasteiger partial charge is 0.257 e. The Morgan fingerprint density at radius 1 is 1.24 bits per heavy atom. The third-order valence-corrected chi connectivity index (χ3v) is 6.38. The van der Waals surface area contributed by atoms with Crippen LogP contribution in [0.5, 0.6) is 0 Å². The summed E-state index contributed by atoms with van der Waals surface area (Å²) in [7, 11) is 1.78. The number of hydrogen-bond donors (Lipinski definition) is 0. The van der Waals surface area contributed by atoms with E-state index in [0.717, 1.165) is 17.7 Å². The van der Waals surface area contributed by atoms with E-state index in [4.69, 9.17) is 9.97 Å². The van der Waals surface area contributed by atoms with E-state index in [1.165, 1.54) is 12.1 Å². The third-order valence-electron chi connectivity index (χ3n) is 6.38. The van der Waals surface area contributed by atoms with Crippen molar-refractivity contribution < 1.29 is 14.0 Å². The molecular weight excluding hydrogens is 423 g/mol. The van der Waals surface area contributed by atoms with Crippen molar-refractivity contribution in [1.29, 1.82) is 0 Å². The number of carbonyl (C=O) groups excluding carboxylic acids is 2. The van der Waals surface area contributed by atoms with Crippen molar-refractivity contribution in [2.75, 3.05) is 18.0 Å². The summed E-state index contributed by atoms with van der Waals surface area (Å²) in [5, 5.41) is 4.08. The van der Waals surface area contributed by atoms with E-state index in [1.54, 1.807) is 46.1 Å². The van der Waals surface area contributed by atoms with E-state index in [-0.39, 0.29) is 30.1 Å². The van der Waals surface area contributed by atoms with Gasteiger partial charge < -0.3 is 4.90 Å². The maximum Gasteiger partial charge on any atom is 0.257 e. The van der Waals surface area contributed by atoms with Crippen LogP contribution in [-0.2, 0) is 24.8 Å². The summed E-state index contributed by atoms with van der Waals surface area (Å²) in [6.45, 7) is 3.33. The molecule has 8 nitrogen and oxygen atoms in total. The number of aromatic nitrogens is 4. The lowest BCUT2D eigenvalue weighted by molar-refractivity contribution is -0.119. The van der Waals surface area contributed by atoms with Crippen LogP contribution in [0, 0.1) is 12.7 Å². The molecule has 33 heavy (non-hydrogen) atoms. The minimum atomic E-state index is -0.332. The Morgan fingerprint density at radius 2 is 2.09 bits per heavy atom. The summed E-state index contributed by atoms with van der Waals surface area (Å²) in [5.41, 5.74) is 3.08. The maximum atomic E-state index is 13.7. The highest BCUT2D eigenvalue weighted by atomic mass is 19.1. The normalized spacial score (nSPS) is 18.0. The number of aryl methyl sites for hydroxylation is 2. The number of benzene rings is 1. The number of amides is 2. The fraction of sp³-hybridized carbons (Fsp3) is 0.375. The SMILES string of the molecule is Cc1nc([C@H]2CCN(C(=O)c3cnn(C)c3)C2)nc2c1CCC(=O)N2Cc1cccc(F)c1. The van der Waals surface area contributed by atoms with Gasteiger partial charge in [-0.2, -0.15) is 5.10 Å². The summed E-state index contributed by atoms with van der Waals surface area (Å²) in [6, 6.07) is 6.27. The van der Waals surface area contributed by atoms with Crippen LogP contribution in [0.3, 0.4) is 0 Å². The van der Waals surface area contributed by atoms with Crippen molar-refractivity contribution in [3.63, 3.8) is 0 Å². The van der Waals surface area contributed by atoms with Crippen molar-refractivity contribution in [1.82, 2.24) is 24.6 Å². The summed E-state index contributed by atoms with van der Waals surface area (Å²) < 4.78 is 15.3. The van der Waals surface area contributed by atoms with Crippen LogP contribution < -0.4 is 4.90 Å². The summed E-state index contributed by atoms with van der Waals surface area (Å²) in [5.74, 6) is 0.823. The molecule has 2 aliphatic heterocycles. The first kappa shape index (κ1) is 21.2. The minimum absolute atomic E-state index is 0.0114. The first-order valence-electron chi connectivity index (χ1n) is 11.1. The highest BCUT2D eigenvalue weighted by Gasteiger charge is 2.33. The van der Waals surface area contributed by atoms with Gasteiger partial charge >= 0.3 is 0 Å². The summed E-state index contributed by atoms with van der Waals surface area (Å²) in [6.07, 6.45) is 5.01. The quantitative estimate of drug-likeness (QED) is 0.613. The molecule has 0 bridgehead atoms. The van der Waals surface area contributed by atoms with Crippen LogP contribution in [-0.4, -0.2) is 49.6 Å². The number of rotatable bonds is 4. The van der Waals surface area contributed by atoms with Crippen LogP contribution >= 0.6 is 0 Å². The largest absolute Gasteiger partial charge is 0.338 e. The number of hydrogen-bond acceptors (Lipinski definition) is 5. The Balaban J connectivity index is 1.41. The molecular formula is C24H25FN6O2. The van der Waals surface area contributed by atoms with Crippen LogP contribution in [0.2, 0.25) is 0 Å². The molecule has 1 fully saturated rings. The molecule has 4 heterocycles. The van der Waals surface area contributed by atoms with Gasteiger partial charge in [-0.15, -0.1) is 0 Å². The molecule has 3 aromatic rings. The molecule has 0 aliphatic carbocycles. The van der Waals surface area contributed by atoms with Gasteiger partial charge in [0.15, 0.2) is 0 Å². The van der Waals surface area contributed by atoms with E-state index in [0.29, 0.717) is 48.7 Å². The first-order valence-corrected chi connectivity index (χ1v) is 11.1. The minimum Gasteiger partial charge on any atom is -0.338 e. The standard InChI is InChI=1S/C24H25FN6O2/c1-15-20-6-7-21(32)31(12-16-4-3-5-19(25)10-16)23(20)28-22(27-15)17-8-9-30(14-17)24(33)18-11-26-29(2)13-18/h3-5,10-11,13,17H,6-9,12,14H2,1-2H3/t17-/m0/s1. The van der Waals surface area contributed by atoms with Crippen molar-refractivity contribution in [2.45, 2.75) is 38.6 Å². The van der Waals surface area contributed by atoms with E-state index in [9.17, 15) is 14.0 Å². The van der Waals surface area contributed by atoms with Gasteiger partial charge in [-0.3, -0.25) is 19.2 Å². The van der Waals surface area contributed by atoms with Crippen molar-refractivity contribution in [3.8, 4) is 0 Å². The summed E-state index contributed by atoms with van der Waals surface area (Å²) >= 11 is 0. The van der Waals surface area contributed by atoms with Crippen molar-refractivity contribution in [3.05, 3.63) is 70.7 Å². The number of anilines is 1. The predicted octanol–water partition coefficient (Wildman–Crippen LogP) is 2.77. The molecule has 1 saturated heterocycles. The van der Waals surface area contributed by atoms with Gasteiger partial charge in [0.05, 0.1) is 18.3 Å². The van der Waals surface area contributed by atoms with Crippen molar-refractivity contribution >= 4 is 17.6 Å². The molecule has 0 radical (unpaired) electrons. The molecule has 170 valence electrons. The van der Waals surface area contributed by atoms with Crippen molar-refractivity contribution in [2.24, 2.45) is 7.05 Å². The molecule has 1 atom stereocenters. The van der Waals surface area contributed by atoms with Gasteiger partial charge in [0.1, 0.15) is 17.5 Å². The van der Waals surface area contributed by atoms with Crippen LogP contribution in [0.4, 0.5) is 10.2 Å². The zero-order valence-corrected chi connectivity index (χ0v) is 18.7. The fourth-order valence-electron chi connectivity index (χ4n) is 4.64. The molecule has 0 saturated carbocycles.